The molecule has 0 aliphatic carbocycles. The smallest absolute Gasteiger partial charge is 0.256 e. The lowest BCUT2D eigenvalue weighted by atomic mass is 9.98. The topological polar surface area (TPSA) is 61.4 Å². The first kappa shape index (κ1) is 23.6. The van der Waals surface area contributed by atoms with Gasteiger partial charge in [-0.05, 0) is 58.5 Å². The second-order valence-electron chi connectivity index (χ2n) is 9.76. The van der Waals surface area contributed by atoms with Gasteiger partial charge in [-0.2, -0.15) is 0 Å². The Morgan fingerprint density at radius 3 is 2.42 bits per heavy atom. The summed E-state index contributed by atoms with van der Waals surface area (Å²) in [6.07, 6.45) is 0.933. The number of carbonyl (C=O) groups is 2. The lowest BCUT2D eigenvalue weighted by Crippen LogP contribution is -2.34. The van der Waals surface area contributed by atoms with E-state index < -0.39 is 0 Å². The minimum atomic E-state index is -0.194. The molecule has 0 saturated heterocycles. The number of fused-ring (bicyclic) bond motifs is 2. The van der Waals surface area contributed by atoms with E-state index in [9.17, 15) is 9.59 Å². The first-order valence-electron chi connectivity index (χ1n) is 12.5. The average Bonchev–Trinajstić information content (AvgIpc) is 2.91. The summed E-state index contributed by atoms with van der Waals surface area (Å²) >= 11 is 0. The second-order valence-corrected chi connectivity index (χ2v) is 9.76. The first-order chi connectivity index (χ1) is 17.5. The summed E-state index contributed by atoms with van der Waals surface area (Å²) in [7, 11) is 0. The number of rotatable bonds is 6. The maximum Gasteiger partial charge on any atom is 0.256 e. The molecule has 0 unspecified atom stereocenters. The predicted molar refractivity (Wildman–Crippen MR) is 147 cm³/mol. The van der Waals surface area contributed by atoms with E-state index >= 15 is 0 Å². The molecule has 5 heteroatoms. The number of nitrogens with zero attached hydrogens (tertiary/aromatic N) is 1. The number of nitrogens with one attached hydrogen (secondary N) is 2. The largest absolute Gasteiger partial charge is 0.366 e. The molecule has 0 aromatic heterocycles. The second kappa shape index (κ2) is 10.2. The van der Waals surface area contributed by atoms with Gasteiger partial charge in [-0.15, -0.1) is 0 Å². The van der Waals surface area contributed by atoms with Crippen LogP contribution in [0.5, 0.6) is 0 Å². The number of hydrogen-bond donors (Lipinski definition) is 2. The molecule has 5 nitrogen and oxygen atoms in total. The summed E-state index contributed by atoms with van der Waals surface area (Å²) in [6.45, 7) is 6.33. The normalized spacial score (nSPS) is 12.9. The van der Waals surface area contributed by atoms with Crippen molar-refractivity contribution in [2.45, 2.75) is 26.8 Å². The van der Waals surface area contributed by atoms with E-state index in [1.807, 2.05) is 54.6 Å². The molecule has 1 aliphatic rings. The molecule has 0 saturated carbocycles. The maximum absolute atomic E-state index is 13.3. The third-order valence-corrected chi connectivity index (χ3v) is 6.68. The van der Waals surface area contributed by atoms with Crippen LogP contribution in [0.2, 0.25) is 0 Å². The SMILES string of the molecule is CC(C)CNC(=O)c1cc(NC(=O)c2cccc3ccccc23)ccc1N1CCc2ccccc2C1. The lowest BCUT2D eigenvalue weighted by Gasteiger charge is -2.32. The molecule has 0 radical (unpaired) electrons. The van der Waals surface area contributed by atoms with Crippen LogP contribution < -0.4 is 15.5 Å². The molecule has 1 aliphatic heterocycles. The Labute approximate surface area is 212 Å². The van der Waals surface area contributed by atoms with Gasteiger partial charge in [0.1, 0.15) is 0 Å². The number of carbonyl (C=O) groups excluding carboxylic acids is 2. The zero-order chi connectivity index (χ0) is 25.1. The van der Waals surface area contributed by atoms with Crippen molar-refractivity contribution in [3.63, 3.8) is 0 Å². The lowest BCUT2D eigenvalue weighted by molar-refractivity contribution is 0.0948. The molecule has 2 N–H and O–H groups in total. The van der Waals surface area contributed by atoms with Crippen molar-refractivity contribution in [1.29, 1.82) is 0 Å². The van der Waals surface area contributed by atoms with Crippen molar-refractivity contribution in [3.05, 3.63) is 107 Å². The van der Waals surface area contributed by atoms with Gasteiger partial charge < -0.3 is 15.5 Å². The highest BCUT2D eigenvalue weighted by atomic mass is 16.2. The molecule has 0 atom stereocenters. The van der Waals surface area contributed by atoms with Crippen molar-refractivity contribution in [2.75, 3.05) is 23.3 Å². The highest BCUT2D eigenvalue weighted by molar-refractivity contribution is 6.13. The molecule has 0 fully saturated rings. The molecule has 0 bridgehead atoms. The Morgan fingerprint density at radius 1 is 0.833 bits per heavy atom. The molecule has 4 aromatic rings. The van der Waals surface area contributed by atoms with E-state index in [1.54, 1.807) is 6.07 Å². The van der Waals surface area contributed by atoms with Gasteiger partial charge in [0.05, 0.1) is 5.56 Å². The minimum absolute atomic E-state index is 0.126. The van der Waals surface area contributed by atoms with Crippen molar-refractivity contribution in [1.82, 2.24) is 5.32 Å². The number of anilines is 2. The minimum Gasteiger partial charge on any atom is -0.366 e. The van der Waals surface area contributed by atoms with Crippen LogP contribution in [0.25, 0.3) is 10.8 Å². The molecule has 182 valence electrons. The summed E-state index contributed by atoms with van der Waals surface area (Å²) in [4.78, 5) is 28.8. The third kappa shape index (κ3) is 4.96. The van der Waals surface area contributed by atoms with E-state index in [1.165, 1.54) is 11.1 Å². The van der Waals surface area contributed by atoms with Gasteiger partial charge in [0.25, 0.3) is 11.8 Å². The molecule has 36 heavy (non-hydrogen) atoms. The highest BCUT2D eigenvalue weighted by Gasteiger charge is 2.22. The third-order valence-electron chi connectivity index (χ3n) is 6.68. The number of hydrogen-bond acceptors (Lipinski definition) is 3. The zero-order valence-electron chi connectivity index (χ0n) is 20.8. The molecule has 5 rings (SSSR count). The van der Waals surface area contributed by atoms with Crippen molar-refractivity contribution in [2.24, 2.45) is 5.92 Å². The first-order valence-corrected chi connectivity index (χ1v) is 12.5. The van der Waals surface area contributed by atoms with E-state index in [4.69, 9.17) is 0 Å². The fourth-order valence-corrected chi connectivity index (χ4v) is 4.79. The van der Waals surface area contributed by atoms with Gasteiger partial charge in [0.2, 0.25) is 0 Å². The van der Waals surface area contributed by atoms with Crippen LogP contribution in [-0.4, -0.2) is 24.9 Å². The molecule has 0 spiro atoms. The van der Waals surface area contributed by atoms with Gasteiger partial charge >= 0.3 is 0 Å². The van der Waals surface area contributed by atoms with Crippen LogP contribution in [0.3, 0.4) is 0 Å². The zero-order valence-corrected chi connectivity index (χ0v) is 20.8. The standard InChI is InChI=1S/C31H31N3O2/c1-21(2)19-32-30(35)28-18-25(33-31(36)27-13-7-11-23-9-5-6-12-26(23)27)14-15-29(28)34-17-16-22-8-3-4-10-24(22)20-34/h3-15,18,21H,16-17,19-20H2,1-2H3,(H,32,35)(H,33,36). The summed E-state index contributed by atoms with van der Waals surface area (Å²) in [6, 6.07) is 27.7. The summed E-state index contributed by atoms with van der Waals surface area (Å²) in [5.74, 6) is 0.0207. The highest BCUT2D eigenvalue weighted by Crippen LogP contribution is 2.30. The Balaban J connectivity index is 1.45. The quantitative estimate of drug-likeness (QED) is 0.356. The van der Waals surface area contributed by atoms with Gasteiger partial charge in [-0.1, -0.05) is 74.5 Å². The van der Waals surface area contributed by atoms with Gasteiger partial charge in [0.15, 0.2) is 0 Å². The van der Waals surface area contributed by atoms with Gasteiger partial charge in [-0.25, -0.2) is 0 Å². The monoisotopic (exact) mass is 477 g/mol. The Morgan fingerprint density at radius 2 is 1.58 bits per heavy atom. The van der Waals surface area contributed by atoms with Crippen molar-refractivity contribution >= 4 is 34.0 Å². The molecular formula is C31H31N3O2. The number of benzene rings is 4. The van der Waals surface area contributed by atoms with Gasteiger partial charge in [0, 0.05) is 36.6 Å². The average molecular weight is 478 g/mol. The molecular weight excluding hydrogens is 446 g/mol. The van der Waals surface area contributed by atoms with Crippen LogP contribution in [-0.2, 0) is 13.0 Å². The van der Waals surface area contributed by atoms with Crippen LogP contribution in [0.4, 0.5) is 11.4 Å². The summed E-state index contributed by atoms with van der Waals surface area (Å²) in [5.41, 5.74) is 5.31. The van der Waals surface area contributed by atoms with Crippen LogP contribution >= 0.6 is 0 Å². The number of amides is 2. The van der Waals surface area contributed by atoms with Crippen molar-refractivity contribution < 1.29 is 9.59 Å². The molecule has 2 amide bonds. The predicted octanol–water partition coefficient (Wildman–Crippen LogP) is 6.04. The fourth-order valence-electron chi connectivity index (χ4n) is 4.79. The van der Waals surface area contributed by atoms with E-state index in [2.05, 4.69) is 53.6 Å². The van der Waals surface area contributed by atoms with Crippen LogP contribution in [0.1, 0.15) is 45.7 Å². The Kier molecular flexibility index (Phi) is 6.72. The molecule has 4 aromatic carbocycles. The van der Waals surface area contributed by atoms with E-state index in [0.29, 0.717) is 29.3 Å². The van der Waals surface area contributed by atoms with Crippen LogP contribution in [0.15, 0.2) is 84.9 Å². The van der Waals surface area contributed by atoms with E-state index in [-0.39, 0.29) is 11.8 Å². The Bertz CT molecular complexity index is 1420. The molecule has 1 heterocycles. The Hall–Kier alpha value is -4.12. The van der Waals surface area contributed by atoms with Gasteiger partial charge in [-0.3, -0.25) is 9.59 Å². The van der Waals surface area contributed by atoms with E-state index in [0.717, 1.165) is 36.0 Å². The fraction of sp³-hybridized carbons (Fsp3) is 0.226. The van der Waals surface area contributed by atoms with Crippen molar-refractivity contribution in [3.8, 4) is 0 Å². The summed E-state index contributed by atoms with van der Waals surface area (Å²) in [5, 5.41) is 7.99. The maximum atomic E-state index is 13.3. The van der Waals surface area contributed by atoms with Crippen LogP contribution in [0, 0.1) is 5.92 Å². The summed E-state index contributed by atoms with van der Waals surface area (Å²) < 4.78 is 0.